The smallest absolute Gasteiger partial charge is 0.410 e. The molecule has 0 radical (unpaired) electrons. The summed E-state index contributed by atoms with van der Waals surface area (Å²) >= 11 is 0. The van der Waals surface area contributed by atoms with Gasteiger partial charge in [-0.2, -0.15) is 13.2 Å². The number of alkyl halides is 3. The molecule has 0 saturated carbocycles. The molecule has 26 heavy (non-hydrogen) atoms. The van der Waals surface area contributed by atoms with E-state index in [2.05, 4.69) is 20.8 Å². The molecule has 1 nitrogen and oxygen atoms in total. The SMILES string of the molecule is CCCC[Si](CCCC)(CCCC)O[C@@H](C)c1ccc(C(F)(F)F)cc1. The van der Waals surface area contributed by atoms with Crippen molar-refractivity contribution in [2.24, 2.45) is 0 Å². The molecule has 150 valence electrons. The minimum Gasteiger partial charge on any atom is -0.410 e. The molecule has 0 unspecified atom stereocenters. The third kappa shape index (κ3) is 7.43. The van der Waals surface area contributed by atoms with E-state index in [1.807, 2.05) is 6.92 Å². The number of hydrogen-bond acceptors (Lipinski definition) is 1. The second-order valence-electron chi connectivity index (χ2n) is 7.37. The summed E-state index contributed by atoms with van der Waals surface area (Å²) in [6.45, 7) is 8.61. The predicted molar refractivity (Wildman–Crippen MR) is 106 cm³/mol. The van der Waals surface area contributed by atoms with Gasteiger partial charge in [0.05, 0.1) is 11.7 Å². The van der Waals surface area contributed by atoms with E-state index in [-0.39, 0.29) is 6.10 Å². The van der Waals surface area contributed by atoms with Crippen LogP contribution in [0, 0.1) is 0 Å². The Kier molecular flexibility index (Phi) is 9.94. The van der Waals surface area contributed by atoms with E-state index in [9.17, 15) is 13.2 Å². The summed E-state index contributed by atoms with van der Waals surface area (Å²) in [6, 6.07) is 8.97. The van der Waals surface area contributed by atoms with E-state index in [0.29, 0.717) is 0 Å². The van der Waals surface area contributed by atoms with Crippen LogP contribution in [-0.2, 0) is 10.6 Å². The van der Waals surface area contributed by atoms with E-state index in [1.165, 1.54) is 31.4 Å². The van der Waals surface area contributed by atoms with Gasteiger partial charge in [-0.05, 0) is 42.8 Å². The average molecular weight is 389 g/mol. The Morgan fingerprint density at radius 3 is 1.62 bits per heavy atom. The fourth-order valence-corrected chi connectivity index (χ4v) is 8.42. The molecular formula is C21H35F3OSi. The van der Waals surface area contributed by atoms with Crippen LogP contribution in [0.4, 0.5) is 13.2 Å². The standard InChI is InChI=1S/C21H35F3OSi/c1-5-8-15-26(16-9-6-2,17-10-7-3)25-18(4)19-11-13-20(14-12-19)21(22,23)24/h11-14,18H,5-10,15-17H2,1-4H3/t18-/m0/s1. The lowest BCUT2D eigenvalue weighted by Crippen LogP contribution is -2.39. The quantitative estimate of drug-likeness (QED) is 0.328. The Hall–Kier alpha value is -0.813. The molecule has 0 amide bonds. The first-order valence-corrected chi connectivity index (χ1v) is 12.7. The molecule has 1 atom stereocenters. The van der Waals surface area contributed by atoms with Crippen molar-refractivity contribution in [1.29, 1.82) is 0 Å². The monoisotopic (exact) mass is 388 g/mol. The highest BCUT2D eigenvalue weighted by atomic mass is 28.4. The first kappa shape index (κ1) is 23.2. The van der Waals surface area contributed by atoms with Gasteiger partial charge in [-0.15, -0.1) is 0 Å². The molecule has 5 heteroatoms. The fourth-order valence-electron chi connectivity index (χ4n) is 3.43. The van der Waals surface area contributed by atoms with Gasteiger partial charge in [0, 0.05) is 0 Å². The van der Waals surface area contributed by atoms with Gasteiger partial charge < -0.3 is 4.43 Å². The summed E-state index contributed by atoms with van der Waals surface area (Å²) in [4.78, 5) is 0. The number of hydrogen-bond donors (Lipinski definition) is 0. The van der Waals surface area contributed by atoms with Gasteiger partial charge in [-0.25, -0.2) is 0 Å². The zero-order valence-corrected chi connectivity index (χ0v) is 17.8. The lowest BCUT2D eigenvalue weighted by atomic mass is 10.1. The molecule has 1 rings (SSSR count). The Labute approximate surface area is 158 Å². The molecule has 0 aliphatic heterocycles. The second-order valence-corrected chi connectivity index (χ2v) is 11.5. The molecule has 0 aliphatic carbocycles. The summed E-state index contributed by atoms with van der Waals surface area (Å²) in [5, 5.41) is 0. The first-order chi connectivity index (χ1) is 12.3. The van der Waals surface area contributed by atoms with Gasteiger partial charge in [0.25, 0.3) is 0 Å². The Balaban J connectivity index is 2.95. The maximum Gasteiger partial charge on any atom is 0.416 e. The van der Waals surface area contributed by atoms with E-state index >= 15 is 0 Å². The van der Waals surface area contributed by atoms with Crippen molar-refractivity contribution in [2.75, 3.05) is 0 Å². The van der Waals surface area contributed by atoms with E-state index in [1.54, 1.807) is 12.1 Å². The van der Waals surface area contributed by atoms with E-state index in [0.717, 1.165) is 43.0 Å². The van der Waals surface area contributed by atoms with Crippen molar-refractivity contribution in [1.82, 2.24) is 0 Å². The van der Waals surface area contributed by atoms with Gasteiger partial charge in [0.2, 0.25) is 0 Å². The van der Waals surface area contributed by atoms with Crippen LogP contribution in [0.5, 0.6) is 0 Å². The van der Waals surface area contributed by atoms with Crippen LogP contribution in [-0.4, -0.2) is 8.32 Å². The summed E-state index contributed by atoms with van der Waals surface area (Å²) in [5.74, 6) is 0. The maximum absolute atomic E-state index is 12.8. The largest absolute Gasteiger partial charge is 0.416 e. The van der Waals surface area contributed by atoms with Gasteiger partial charge in [0.15, 0.2) is 8.32 Å². The highest BCUT2D eigenvalue weighted by molar-refractivity contribution is 6.73. The van der Waals surface area contributed by atoms with Gasteiger partial charge in [-0.3, -0.25) is 0 Å². The molecular weight excluding hydrogens is 353 g/mol. The molecule has 0 aliphatic rings. The molecule has 0 spiro atoms. The number of benzene rings is 1. The second kappa shape index (κ2) is 11.1. The summed E-state index contributed by atoms with van der Waals surface area (Å²) in [5.41, 5.74) is 0.249. The molecule has 0 saturated heterocycles. The Morgan fingerprint density at radius 2 is 1.27 bits per heavy atom. The minimum atomic E-state index is -4.29. The van der Waals surface area contributed by atoms with Gasteiger partial charge in [-0.1, -0.05) is 71.4 Å². The third-order valence-electron chi connectivity index (χ3n) is 5.09. The molecule has 0 heterocycles. The number of unbranched alkanes of at least 4 members (excludes halogenated alkanes) is 3. The molecule has 0 aromatic heterocycles. The molecule has 0 N–H and O–H groups in total. The normalized spacial score (nSPS) is 13.8. The highest BCUT2D eigenvalue weighted by Gasteiger charge is 2.35. The average Bonchev–Trinajstić information content (AvgIpc) is 2.62. The van der Waals surface area contributed by atoms with Gasteiger partial charge >= 0.3 is 6.18 Å². The zero-order chi connectivity index (χ0) is 19.6. The minimum absolute atomic E-state index is 0.144. The lowest BCUT2D eigenvalue weighted by molar-refractivity contribution is -0.137. The van der Waals surface area contributed by atoms with Gasteiger partial charge in [0.1, 0.15) is 0 Å². The topological polar surface area (TPSA) is 9.23 Å². The molecule has 1 aromatic carbocycles. The van der Waals surface area contributed by atoms with Crippen molar-refractivity contribution in [3.8, 4) is 0 Å². The van der Waals surface area contributed by atoms with Crippen LogP contribution in [0.1, 0.15) is 83.5 Å². The first-order valence-electron chi connectivity index (χ1n) is 10.1. The van der Waals surface area contributed by atoms with E-state index < -0.39 is 20.1 Å². The fraction of sp³-hybridized carbons (Fsp3) is 0.714. The molecule has 0 bridgehead atoms. The summed E-state index contributed by atoms with van der Waals surface area (Å²) in [6.07, 6.45) is 2.58. The van der Waals surface area contributed by atoms with Crippen LogP contribution in [0.2, 0.25) is 18.1 Å². The molecule has 1 aromatic rings. The highest BCUT2D eigenvalue weighted by Crippen LogP contribution is 2.35. The van der Waals surface area contributed by atoms with Crippen molar-refractivity contribution < 1.29 is 17.6 Å². The van der Waals surface area contributed by atoms with Crippen LogP contribution >= 0.6 is 0 Å². The number of rotatable bonds is 12. The van der Waals surface area contributed by atoms with Crippen LogP contribution < -0.4 is 0 Å². The van der Waals surface area contributed by atoms with Crippen molar-refractivity contribution >= 4 is 8.32 Å². The lowest BCUT2D eigenvalue weighted by Gasteiger charge is -2.35. The number of halogens is 3. The van der Waals surface area contributed by atoms with Crippen molar-refractivity contribution in [2.45, 2.75) is 96.6 Å². The van der Waals surface area contributed by atoms with Crippen LogP contribution in [0.25, 0.3) is 0 Å². The maximum atomic E-state index is 12.8. The molecule has 0 fully saturated rings. The third-order valence-corrected chi connectivity index (χ3v) is 9.74. The van der Waals surface area contributed by atoms with Crippen LogP contribution in [0.3, 0.4) is 0 Å². The Morgan fingerprint density at radius 1 is 0.846 bits per heavy atom. The summed E-state index contributed by atoms with van der Waals surface area (Å²) in [7, 11) is -1.88. The Bertz CT molecular complexity index is 477. The zero-order valence-electron chi connectivity index (χ0n) is 16.8. The van der Waals surface area contributed by atoms with Crippen molar-refractivity contribution in [3.05, 3.63) is 35.4 Å². The predicted octanol–water partition coefficient (Wildman–Crippen LogP) is 8.13. The van der Waals surface area contributed by atoms with Crippen LogP contribution in [0.15, 0.2) is 24.3 Å². The summed E-state index contributed by atoms with van der Waals surface area (Å²) < 4.78 is 45.1. The van der Waals surface area contributed by atoms with E-state index in [4.69, 9.17) is 4.43 Å². The van der Waals surface area contributed by atoms with Crippen molar-refractivity contribution in [3.63, 3.8) is 0 Å².